The molecule has 8 heteroatoms. The molecule has 23 heavy (non-hydrogen) atoms. The summed E-state index contributed by atoms with van der Waals surface area (Å²) in [5, 5.41) is 0. The van der Waals surface area contributed by atoms with Gasteiger partial charge in [-0.05, 0) is 32.3 Å². The van der Waals surface area contributed by atoms with E-state index in [4.69, 9.17) is 0 Å². The Morgan fingerprint density at radius 1 is 1.30 bits per heavy atom. The van der Waals surface area contributed by atoms with Gasteiger partial charge in [0.05, 0.1) is 12.3 Å². The van der Waals surface area contributed by atoms with Crippen molar-refractivity contribution in [3.8, 4) is 0 Å². The Morgan fingerprint density at radius 3 is 2.61 bits per heavy atom. The second-order valence-electron chi connectivity index (χ2n) is 5.97. The van der Waals surface area contributed by atoms with Gasteiger partial charge in [0.1, 0.15) is 0 Å². The van der Waals surface area contributed by atoms with Gasteiger partial charge in [-0.15, -0.1) is 0 Å². The van der Waals surface area contributed by atoms with Crippen molar-refractivity contribution < 1.29 is 18.0 Å². The molecular formula is C15H25N3O4S. The lowest BCUT2D eigenvalue weighted by atomic mass is 10.1. The smallest absolute Gasteiger partial charge is 0.246 e. The molecule has 2 heterocycles. The van der Waals surface area contributed by atoms with Crippen molar-refractivity contribution >= 4 is 21.8 Å². The predicted molar refractivity (Wildman–Crippen MR) is 87.2 cm³/mol. The second kappa shape index (κ2) is 7.44. The highest BCUT2D eigenvalue weighted by Crippen LogP contribution is 2.23. The van der Waals surface area contributed by atoms with E-state index in [2.05, 4.69) is 6.58 Å². The third kappa shape index (κ3) is 4.11. The van der Waals surface area contributed by atoms with E-state index in [1.54, 1.807) is 9.21 Å². The zero-order valence-corrected chi connectivity index (χ0v) is 14.4. The molecule has 2 amide bonds. The summed E-state index contributed by atoms with van der Waals surface area (Å²) < 4.78 is 25.7. The number of nitrogens with zero attached hydrogens (tertiary/aromatic N) is 3. The summed E-state index contributed by atoms with van der Waals surface area (Å²) in [7, 11) is -3.16. The standard InChI is InChI=1S/C15H25N3O4S/c1-3-14(19)16(4-2)12-15(20)17-8-5-7-13(11-17)18-9-6-10-23(18,21)22/h3,13H,1,4-12H2,2H3. The van der Waals surface area contributed by atoms with Crippen LogP contribution in [0.1, 0.15) is 26.2 Å². The Hall–Kier alpha value is -1.41. The molecule has 0 aliphatic carbocycles. The Bertz CT molecular complexity index is 575. The van der Waals surface area contributed by atoms with E-state index < -0.39 is 10.0 Å². The maximum Gasteiger partial charge on any atom is 0.246 e. The Morgan fingerprint density at radius 2 is 2.04 bits per heavy atom. The summed E-state index contributed by atoms with van der Waals surface area (Å²) in [4.78, 5) is 27.2. The van der Waals surface area contributed by atoms with Gasteiger partial charge in [-0.3, -0.25) is 9.59 Å². The van der Waals surface area contributed by atoms with Gasteiger partial charge < -0.3 is 9.80 Å². The summed E-state index contributed by atoms with van der Waals surface area (Å²) in [6.45, 7) is 7.28. The molecule has 0 aromatic heterocycles. The lowest BCUT2D eigenvalue weighted by Crippen LogP contribution is -2.52. The van der Waals surface area contributed by atoms with Gasteiger partial charge in [0.2, 0.25) is 21.8 Å². The second-order valence-corrected chi connectivity index (χ2v) is 8.01. The molecule has 0 saturated carbocycles. The molecule has 7 nitrogen and oxygen atoms in total. The van der Waals surface area contributed by atoms with Crippen LogP contribution in [0.4, 0.5) is 0 Å². The quantitative estimate of drug-likeness (QED) is 0.661. The Labute approximate surface area is 138 Å². The minimum absolute atomic E-state index is 0.0147. The van der Waals surface area contributed by atoms with E-state index >= 15 is 0 Å². The van der Waals surface area contributed by atoms with E-state index in [0.717, 1.165) is 12.8 Å². The minimum Gasteiger partial charge on any atom is -0.340 e. The SMILES string of the molecule is C=CC(=O)N(CC)CC(=O)N1CCCC(N2CCCS2(=O)=O)C1. The number of likely N-dealkylation sites (N-methyl/N-ethyl adjacent to an activating group) is 1. The van der Waals surface area contributed by atoms with Crippen LogP contribution >= 0.6 is 0 Å². The molecule has 2 fully saturated rings. The largest absolute Gasteiger partial charge is 0.340 e. The first kappa shape index (κ1) is 17.9. The van der Waals surface area contributed by atoms with Gasteiger partial charge in [-0.1, -0.05) is 6.58 Å². The first-order chi connectivity index (χ1) is 10.9. The highest BCUT2D eigenvalue weighted by molar-refractivity contribution is 7.89. The van der Waals surface area contributed by atoms with E-state index in [-0.39, 0.29) is 30.2 Å². The zero-order chi connectivity index (χ0) is 17.0. The maximum absolute atomic E-state index is 12.4. The average Bonchev–Trinajstić information content (AvgIpc) is 2.91. The van der Waals surface area contributed by atoms with Gasteiger partial charge in [0.15, 0.2) is 0 Å². The normalized spacial score (nSPS) is 24.4. The Kier molecular flexibility index (Phi) is 5.80. The van der Waals surface area contributed by atoms with Crippen molar-refractivity contribution in [1.82, 2.24) is 14.1 Å². The number of rotatable bonds is 5. The monoisotopic (exact) mass is 343 g/mol. The third-order valence-corrected chi connectivity index (χ3v) is 6.49. The molecule has 1 atom stereocenters. The summed E-state index contributed by atoms with van der Waals surface area (Å²) in [5.74, 6) is -0.200. The predicted octanol–water partition coefficient (Wildman–Crippen LogP) is 0.0474. The number of carbonyl (C=O) groups excluding carboxylic acids is 2. The molecule has 130 valence electrons. The lowest BCUT2D eigenvalue weighted by molar-refractivity contribution is -0.139. The molecule has 2 saturated heterocycles. The van der Waals surface area contributed by atoms with Crippen LogP contribution in [0.2, 0.25) is 0 Å². The molecular weight excluding hydrogens is 318 g/mol. The van der Waals surface area contributed by atoms with Gasteiger partial charge in [0.25, 0.3) is 0 Å². The van der Waals surface area contributed by atoms with Crippen LogP contribution in [-0.4, -0.2) is 78.9 Å². The molecule has 0 radical (unpaired) electrons. The lowest BCUT2D eigenvalue weighted by Gasteiger charge is -2.37. The van der Waals surface area contributed by atoms with Crippen LogP contribution in [0.25, 0.3) is 0 Å². The summed E-state index contributed by atoms with van der Waals surface area (Å²) in [5.41, 5.74) is 0. The number of piperidine rings is 1. The summed E-state index contributed by atoms with van der Waals surface area (Å²) in [6, 6.07) is -0.134. The number of hydrogen-bond acceptors (Lipinski definition) is 4. The fourth-order valence-electron chi connectivity index (χ4n) is 3.22. The van der Waals surface area contributed by atoms with Crippen LogP contribution in [0.15, 0.2) is 12.7 Å². The van der Waals surface area contributed by atoms with Crippen molar-refractivity contribution in [2.75, 3.05) is 38.5 Å². The van der Waals surface area contributed by atoms with Crippen LogP contribution in [0, 0.1) is 0 Å². The number of amides is 2. The van der Waals surface area contributed by atoms with E-state index in [0.29, 0.717) is 32.6 Å². The van der Waals surface area contributed by atoms with Crippen molar-refractivity contribution in [3.63, 3.8) is 0 Å². The molecule has 0 aromatic rings. The molecule has 2 rings (SSSR count). The fraction of sp³-hybridized carbons (Fsp3) is 0.733. The van der Waals surface area contributed by atoms with Crippen LogP contribution in [0.5, 0.6) is 0 Å². The van der Waals surface area contributed by atoms with Crippen LogP contribution in [0.3, 0.4) is 0 Å². The highest BCUT2D eigenvalue weighted by Gasteiger charge is 2.37. The van der Waals surface area contributed by atoms with Crippen LogP contribution in [-0.2, 0) is 19.6 Å². The van der Waals surface area contributed by atoms with Gasteiger partial charge in [-0.2, -0.15) is 4.31 Å². The molecule has 0 N–H and O–H groups in total. The van der Waals surface area contributed by atoms with E-state index in [9.17, 15) is 18.0 Å². The number of sulfonamides is 1. The van der Waals surface area contributed by atoms with Crippen molar-refractivity contribution in [1.29, 1.82) is 0 Å². The summed E-state index contributed by atoms with van der Waals surface area (Å²) >= 11 is 0. The third-order valence-electron chi connectivity index (χ3n) is 4.49. The molecule has 2 aliphatic heterocycles. The van der Waals surface area contributed by atoms with Crippen molar-refractivity contribution in [2.24, 2.45) is 0 Å². The molecule has 2 aliphatic rings. The molecule has 0 spiro atoms. The van der Waals surface area contributed by atoms with Crippen LogP contribution < -0.4 is 0 Å². The highest BCUT2D eigenvalue weighted by atomic mass is 32.2. The van der Waals surface area contributed by atoms with Crippen molar-refractivity contribution in [3.05, 3.63) is 12.7 Å². The maximum atomic E-state index is 12.4. The number of likely N-dealkylation sites (tertiary alicyclic amines) is 1. The first-order valence-electron chi connectivity index (χ1n) is 8.07. The van der Waals surface area contributed by atoms with E-state index in [1.807, 2.05) is 6.92 Å². The van der Waals surface area contributed by atoms with Gasteiger partial charge >= 0.3 is 0 Å². The zero-order valence-electron chi connectivity index (χ0n) is 13.6. The van der Waals surface area contributed by atoms with Crippen molar-refractivity contribution in [2.45, 2.75) is 32.2 Å². The average molecular weight is 343 g/mol. The molecule has 0 aromatic carbocycles. The molecule has 0 bridgehead atoms. The Balaban J connectivity index is 1.99. The first-order valence-corrected chi connectivity index (χ1v) is 9.68. The molecule has 1 unspecified atom stereocenters. The van der Waals surface area contributed by atoms with Gasteiger partial charge in [-0.25, -0.2) is 8.42 Å². The number of carbonyl (C=O) groups is 2. The number of hydrogen-bond donors (Lipinski definition) is 0. The topological polar surface area (TPSA) is 78.0 Å². The van der Waals surface area contributed by atoms with E-state index in [1.165, 1.54) is 11.0 Å². The van der Waals surface area contributed by atoms with Gasteiger partial charge in [0, 0.05) is 32.2 Å². The summed E-state index contributed by atoms with van der Waals surface area (Å²) in [6.07, 6.45) is 3.42. The fourth-order valence-corrected chi connectivity index (χ4v) is 4.99. The minimum atomic E-state index is -3.16.